The molecule has 0 aromatic heterocycles. The zero-order chi connectivity index (χ0) is 15.5. The van der Waals surface area contributed by atoms with Crippen molar-refractivity contribution >= 4 is 7.12 Å². The minimum Gasteiger partial charge on any atom is -0.405 e. The fourth-order valence-corrected chi connectivity index (χ4v) is 5.23. The molecule has 2 bridgehead atoms. The Morgan fingerprint density at radius 3 is 2.59 bits per heavy atom. The third kappa shape index (κ3) is 2.01. The summed E-state index contributed by atoms with van der Waals surface area (Å²) in [6.07, 6.45) is 3.82. The van der Waals surface area contributed by atoms with Crippen LogP contribution in [-0.2, 0) is 15.7 Å². The van der Waals surface area contributed by atoms with Crippen molar-refractivity contribution in [3.8, 4) is 0 Å². The van der Waals surface area contributed by atoms with Crippen LogP contribution in [0, 0.1) is 17.3 Å². The average molecular weight is 298 g/mol. The highest BCUT2D eigenvalue weighted by Gasteiger charge is 2.68. The molecule has 118 valence electrons. The van der Waals surface area contributed by atoms with Crippen LogP contribution in [0.5, 0.6) is 0 Å². The zero-order valence-corrected chi connectivity index (χ0v) is 14.2. The molecule has 3 unspecified atom stereocenters. The van der Waals surface area contributed by atoms with Crippen LogP contribution in [0.3, 0.4) is 0 Å². The molecular formula is C19H27BO2. The van der Waals surface area contributed by atoms with E-state index in [9.17, 15) is 0 Å². The van der Waals surface area contributed by atoms with Gasteiger partial charge in [-0.15, -0.1) is 0 Å². The molecule has 3 saturated carbocycles. The first-order chi connectivity index (χ1) is 10.4. The zero-order valence-electron chi connectivity index (χ0n) is 14.2. The number of benzene rings is 1. The van der Waals surface area contributed by atoms with Gasteiger partial charge in [-0.2, -0.15) is 0 Å². The van der Waals surface area contributed by atoms with Crippen molar-refractivity contribution in [2.75, 3.05) is 0 Å². The SMILES string of the molecule is CC(Cc1ccccc1)B1O[C@@H]2CC3CC(C3(C)C)[C@]2(C)O1. The summed E-state index contributed by atoms with van der Waals surface area (Å²) in [6.45, 7) is 9.39. The lowest BCUT2D eigenvalue weighted by atomic mass is 9.43. The minimum absolute atomic E-state index is 0.0506. The smallest absolute Gasteiger partial charge is 0.405 e. The van der Waals surface area contributed by atoms with Crippen LogP contribution in [0.1, 0.15) is 46.1 Å². The Morgan fingerprint density at radius 1 is 1.18 bits per heavy atom. The first-order valence-electron chi connectivity index (χ1n) is 8.78. The van der Waals surface area contributed by atoms with E-state index in [4.69, 9.17) is 9.31 Å². The van der Waals surface area contributed by atoms with Crippen LogP contribution < -0.4 is 0 Å². The first-order valence-corrected chi connectivity index (χ1v) is 8.78. The highest BCUT2D eigenvalue weighted by Crippen LogP contribution is 2.66. The molecule has 1 aromatic carbocycles. The van der Waals surface area contributed by atoms with Crippen LogP contribution in [-0.4, -0.2) is 18.8 Å². The summed E-state index contributed by atoms with van der Waals surface area (Å²) in [6, 6.07) is 10.7. The summed E-state index contributed by atoms with van der Waals surface area (Å²) < 4.78 is 12.9. The van der Waals surface area contributed by atoms with E-state index in [1.807, 2.05) is 0 Å². The summed E-state index contributed by atoms with van der Waals surface area (Å²) in [7, 11) is -0.0506. The van der Waals surface area contributed by atoms with Gasteiger partial charge in [-0.05, 0) is 54.8 Å². The van der Waals surface area contributed by atoms with E-state index in [0.717, 1.165) is 12.3 Å². The molecule has 2 nitrogen and oxygen atoms in total. The summed E-state index contributed by atoms with van der Waals surface area (Å²) in [5.41, 5.74) is 1.71. The molecule has 1 saturated heterocycles. The van der Waals surface area contributed by atoms with Crippen molar-refractivity contribution in [3.05, 3.63) is 35.9 Å². The Morgan fingerprint density at radius 2 is 1.91 bits per heavy atom. The van der Waals surface area contributed by atoms with Crippen LogP contribution >= 0.6 is 0 Å². The fraction of sp³-hybridized carbons (Fsp3) is 0.684. The topological polar surface area (TPSA) is 18.5 Å². The molecule has 0 radical (unpaired) electrons. The van der Waals surface area contributed by atoms with Crippen molar-refractivity contribution in [2.24, 2.45) is 17.3 Å². The molecule has 22 heavy (non-hydrogen) atoms. The molecule has 5 atom stereocenters. The Hall–Kier alpha value is -0.795. The van der Waals surface area contributed by atoms with Gasteiger partial charge in [0, 0.05) is 0 Å². The Kier molecular flexibility index (Phi) is 3.26. The van der Waals surface area contributed by atoms with Crippen LogP contribution in [0.15, 0.2) is 30.3 Å². The molecule has 1 aromatic rings. The molecule has 1 heterocycles. The predicted octanol–water partition coefficient (Wildman–Crippen LogP) is 4.35. The van der Waals surface area contributed by atoms with E-state index in [-0.39, 0.29) is 12.7 Å². The second-order valence-corrected chi connectivity index (χ2v) is 8.50. The number of hydrogen-bond acceptors (Lipinski definition) is 2. The van der Waals surface area contributed by atoms with Crippen molar-refractivity contribution in [1.82, 2.24) is 0 Å². The highest BCUT2D eigenvalue weighted by atomic mass is 16.7. The lowest BCUT2D eigenvalue weighted by Gasteiger charge is -2.64. The van der Waals surface area contributed by atoms with Crippen LogP contribution in [0.4, 0.5) is 0 Å². The van der Waals surface area contributed by atoms with Crippen LogP contribution in [0.25, 0.3) is 0 Å². The Labute approximate surface area is 134 Å². The Bertz CT molecular complexity index is 558. The van der Waals surface area contributed by atoms with Gasteiger partial charge in [0.1, 0.15) is 0 Å². The van der Waals surface area contributed by atoms with Crippen LogP contribution in [0.2, 0.25) is 5.82 Å². The molecule has 4 fully saturated rings. The predicted molar refractivity (Wildman–Crippen MR) is 89.7 cm³/mol. The van der Waals surface area contributed by atoms with Gasteiger partial charge in [-0.3, -0.25) is 0 Å². The van der Waals surface area contributed by atoms with Gasteiger partial charge in [0.25, 0.3) is 0 Å². The summed E-state index contributed by atoms with van der Waals surface area (Å²) in [4.78, 5) is 0. The van der Waals surface area contributed by atoms with Gasteiger partial charge in [-0.1, -0.05) is 51.1 Å². The molecule has 3 aliphatic carbocycles. The monoisotopic (exact) mass is 298 g/mol. The van der Waals surface area contributed by atoms with Gasteiger partial charge >= 0.3 is 7.12 Å². The third-order valence-corrected chi connectivity index (χ3v) is 6.83. The molecule has 0 N–H and O–H groups in total. The van der Waals surface area contributed by atoms with E-state index in [2.05, 4.69) is 58.0 Å². The van der Waals surface area contributed by atoms with E-state index >= 15 is 0 Å². The summed E-state index contributed by atoms with van der Waals surface area (Å²) >= 11 is 0. The second kappa shape index (κ2) is 4.85. The van der Waals surface area contributed by atoms with Crippen molar-refractivity contribution in [2.45, 2.75) is 64.5 Å². The molecule has 0 amide bonds. The summed E-state index contributed by atoms with van der Waals surface area (Å²) in [5, 5.41) is 0. The third-order valence-electron chi connectivity index (χ3n) is 6.83. The van der Waals surface area contributed by atoms with Gasteiger partial charge in [0.05, 0.1) is 11.7 Å². The van der Waals surface area contributed by atoms with E-state index in [1.54, 1.807) is 0 Å². The molecule has 0 spiro atoms. The second-order valence-electron chi connectivity index (χ2n) is 8.50. The average Bonchev–Trinajstić information content (AvgIpc) is 2.85. The Balaban J connectivity index is 1.48. The van der Waals surface area contributed by atoms with E-state index < -0.39 is 0 Å². The van der Waals surface area contributed by atoms with E-state index in [0.29, 0.717) is 23.3 Å². The largest absolute Gasteiger partial charge is 0.461 e. The van der Waals surface area contributed by atoms with E-state index in [1.165, 1.54) is 18.4 Å². The van der Waals surface area contributed by atoms with Crippen molar-refractivity contribution in [3.63, 3.8) is 0 Å². The van der Waals surface area contributed by atoms with Gasteiger partial charge in [0.15, 0.2) is 0 Å². The van der Waals surface area contributed by atoms with Crippen molar-refractivity contribution in [1.29, 1.82) is 0 Å². The maximum absolute atomic E-state index is 6.55. The van der Waals surface area contributed by atoms with Gasteiger partial charge in [-0.25, -0.2) is 0 Å². The normalized spacial score (nSPS) is 40.0. The number of hydrogen-bond donors (Lipinski definition) is 0. The molecule has 3 heteroatoms. The highest BCUT2D eigenvalue weighted by molar-refractivity contribution is 6.47. The van der Waals surface area contributed by atoms with Gasteiger partial charge in [0.2, 0.25) is 0 Å². The quantitative estimate of drug-likeness (QED) is 0.772. The number of rotatable bonds is 3. The van der Waals surface area contributed by atoms with Crippen molar-refractivity contribution < 1.29 is 9.31 Å². The maximum atomic E-state index is 6.55. The molecule has 5 rings (SSSR count). The molecule has 1 aliphatic heterocycles. The summed E-state index contributed by atoms with van der Waals surface area (Å²) in [5.74, 6) is 1.87. The first kappa shape index (κ1) is 14.8. The fourth-order valence-electron chi connectivity index (χ4n) is 5.23. The van der Waals surface area contributed by atoms with Gasteiger partial charge < -0.3 is 9.31 Å². The molecule has 4 aliphatic rings. The maximum Gasteiger partial charge on any atom is 0.461 e. The standard InChI is InChI=1S/C19H27BO2/c1-13(10-14-8-6-5-7-9-14)20-21-17-12-15-11-16(18(15,2)3)19(17,4)22-20/h5-9,13,15-17H,10-12H2,1-4H3/t13?,15?,16?,17-,19+/m1/s1. The molecular weight excluding hydrogens is 271 g/mol. The lowest BCUT2D eigenvalue weighted by molar-refractivity contribution is -0.199. The lowest BCUT2D eigenvalue weighted by Crippen LogP contribution is -2.65. The minimum atomic E-state index is -0.0755.